The number of aromatic nitrogens is 4. The molecule has 0 bridgehead atoms. The second-order valence-corrected chi connectivity index (χ2v) is 6.62. The summed E-state index contributed by atoms with van der Waals surface area (Å²) in [5.74, 6) is -0.696. The number of amides is 1. The van der Waals surface area contributed by atoms with Crippen LogP contribution in [0.4, 0.5) is 5.69 Å². The van der Waals surface area contributed by atoms with Crippen molar-refractivity contribution in [2.75, 3.05) is 11.9 Å². The number of tetrazole rings is 1. The molecule has 0 aliphatic carbocycles. The lowest BCUT2D eigenvalue weighted by molar-refractivity contribution is -0.119. The fraction of sp³-hybridized carbons (Fsp3) is 0.250. The van der Waals surface area contributed by atoms with E-state index in [0.717, 1.165) is 16.8 Å². The Bertz CT molecular complexity index is 966. The number of benzene rings is 2. The smallest absolute Gasteiger partial charge is 0.338 e. The van der Waals surface area contributed by atoms with Gasteiger partial charge in [0, 0.05) is 5.69 Å². The highest BCUT2D eigenvalue weighted by molar-refractivity contribution is 5.96. The van der Waals surface area contributed by atoms with Crippen molar-refractivity contribution in [1.29, 1.82) is 0 Å². The van der Waals surface area contributed by atoms with Gasteiger partial charge in [-0.3, -0.25) is 4.79 Å². The molecule has 1 heterocycles. The van der Waals surface area contributed by atoms with Crippen molar-refractivity contribution >= 4 is 17.6 Å². The molecule has 144 valence electrons. The van der Waals surface area contributed by atoms with E-state index < -0.39 is 5.97 Å². The number of esters is 1. The molecule has 3 rings (SSSR count). The number of nitrogens with one attached hydrogen (secondary N) is 1. The van der Waals surface area contributed by atoms with Gasteiger partial charge in [-0.1, -0.05) is 32.0 Å². The Morgan fingerprint density at radius 2 is 1.89 bits per heavy atom. The van der Waals surface area contributed by atoms with Crippen molar-refractivity contribution in [3.8, 4) is 5.69 Å². The molecular weight excluding hydrogens is 358 g/mol. The second-order valence-electron chi connectivity index (χ2n) is 6.62. The van der Waals surface area contributed by atoms with E-state index in [2.05, 4.69) is 34.7 Å². The monoisotopic (exact) mass is 379 g/mol. The Hall–Kier alpha value is -3.55. The highest BCUT2D eigenvalue weighted by atomic mass is 16.5. The van der Waals surface area contributed by atoms with E-state index in [9.17, 15) is 9.59 Å². The lowest BCUT2D eigenvalue weighted by Gasteiger charge is -2.16. The highest BCUT2D eigenvalue weighted by Crippen LogP contribution is 2.27. The van der Waals surface area contributed by atoms with Crippen molar-refractivity contribution in [3.63, 3.8) is 0 Å². The largest absolute Gasteiger partial charge is 0.452 e. The molecule has 8 heteroatoms. The standard InChI is InChI=1S/C20H21N5O3/c1-13(2)17-6-4-5-14(3)19(17)22-18(26)11-28-20(27)15-7-9-16(10-8-15)25-12-21-23-24-25/h4-10,12-13H,11H2,1-3H3,(H,22,26). The van der Waals surface area contributed by atoms with Gasteiger partial charge in [-0.05, 0) is 58.7 Å². The first-order chi connectivity index (χ1) is 13.5. The van der Waals surface area contributed by atoms with Gasteiger partial charge in [0.1, 0.15) is 6.33 Å². The molecule has 2 aromatic carbocycles. The van der Waals surface area contributed by atoms with E-state index in [-0.39, 0.29) is 18.4 Å². The third-order valence-corrected chi connectivity index (χ3v) is 4.24. The average molecular weight is 379 g/mol. The first-order valence-corrected chi connectivity index (χ1v) is 8.85. The third kappa shape index (κ3) is 4.40. The van der Waals surface area contributed by atoms with Crippen molar-refractivity contribution < 1.29 is 14.3 Å². The molecule has 0 atom stereocenters. The Morgan fingerprint density at radius 3 is 2.54 bits per heavy atom. The van der Waals surface area contributed by atoms with Gasteiger partial charge < -0.3 is 10.1 Å². The first kappa shape index (κ1) is 19.2. The lowest BCUT2D eigenvalue weighted by Crippen LogP contribution is -2.22. The minimum Gasteiger partial charge on any atom is -0.452 e. The maximum absolute atomic E-state index is 12.3. The summed E-state index contributed by atoms with van der Waals surface area (Å²) in [6, 6.07) is 12.4. The van der Waals surface area contributed by atoms with Crippen molar-refractivity contribution in [2.24, 2.45) is 0 Å². The number of aryl methyl sites for hydroxylation is 1. The van der Waals surface area contributed by atoms with E-state index >= 15 is 0 Å². The van der Waals surface area contributed by atoms with Gasteiger partial charge >= 0.3 is 5.97 Å². The van der Waals surface area contributed by atoms with Gasteiger partial charge in [0.15, 0.2) is 6.61 Å². The van der Waals surface area contributed by atoms with Crippen molar-refractivity contribution in [2.45, 2.75) is 26.7 Å². The van der Waals surface area contributed by atoms with Gasteiger partial charge in [0.2, 0.25) is 0 Å². The van der Waals surface area contributed by atoms with E-state index in [1.54, 1.807) is 24.3 Å². The Balaban J connectivity index is 1.60. The molecule has 0 saturated heterocycles. The summed E-state index contributed by atoms with van der Waals surface area (Å²) in [7, 11) is 0. The van der Waals surface area contributed by atoms with Crippen molar-refractivity contribution in [1.82, 2.24) is 20.2 Å². The predicted octanol–water partition coefficient (Wildman–Crippen LogP) is 2.89. The molecule has 28 heavy (non-hydrogen) atoms. The number of anilines is 1. The summed E-state index contributed by atoms with van der Waals surface area (Å²) in [4.78, 5) is 24.5. The minimum atomic E-state index is -0.577. The molecule has 0 unspecified atom stereocenters. The van der Waals surface area contributed by atoms with E-state index in [1.807, 2.05) is 25.1 Å². The maximum Gasteiger partial charge on any atom is 0.338 e. The fourth-order valence-corrected chi connectivity index (χ4v) is 2.76. The number of carbonyl (C=O) groups is 2. The number of hydrogen-bond acceptors (Lipinski definition) is 6. The predicted molar refractivity (Wildman–Crippen MR) is 103 cm³/mol. The van der Waals surface area contributed by atoms with Crippen LogP contribution in [-0.4, -0.2) is 38.7 Å². The Morgan fingerprint density at radius 1 is 1.14 bits per heavy atom. The normalized spacial score (nSPS) is 10.7. The molecule has 0 aliphatic rings. The summed E-state index contributed by atoms with van der Waals surface area (Å²) in [6.45, 7) is 5.69. The Kier molecular flexibility index (Phi) is 5.78. The second kappa shape index (κ2) is 8.43. The minimum absolute atomic E-state index is 0.261. The summed E-state index contributed by atoms with van der Waals surface area (Å²) in [5.41, 5.74) is 3.81. The average Bonchev–Trinajstić information content (AvgIpc) is 3.22. The quantitative estimate of drug-likeness (QED) is 0.661. The van der Waals surface area contributed by atoms with Crippen LogP contribution in [0.1, 0.15) is 41.3 Å². The van der Waals surface area contributed by atoms with Crippen LogP contribution in [0.2, 0.25) is 0 Å². The molecule has 1 amide bonds. The van der Waals surface area contributed by atoms with Gasteiger partial charge in [-0.25, -0.2) is 9.48 Å². The summed E-state index contributed by atoms with van der Waals surface area (Å²) in [5, 5.41) is 13.7. The van der Waals surface area contributed by atoms with E-state index in [4.69, 9.17) is 4.74 Å². The number of nitrogens with zero attached hydrogens (tertiary/aromatic N) is 4. The summed E-state index contributed by atoms with van der Waals surface area (Å²) in [6.07, 6.45) is 1.45. The molecule has 0 spiro atoms. The number of ether oxygens (including phenoxy) is 1. The number of para-hydroxylation sites is 1. The molecule has 0 fully saturated rings. The topological polar surface area (TPSA) is 99.0 Å². The molecule has 1 N–H and O–H groups in total. The molecule has 8 nitrogen and oxygen atoms in total. The van der Waals surface area contributed by atoms with Gasteiger partial charge in [-0.15, -0.1) is 5.10 Å². The number of carbonyl (C=O) groups excluding carboxylic acids is 2. The van der Waals surface area contributed by atoms with E-state index in [0.29, 0.717) is 11.3 Å². The molecule has 0 radical (unpaired) electrons. The molecule has 0 saturated carbocycles. The zero-order valence-corrected chi connectivity index (χ0v) is 15.9. The lowest BCUT2D eigenvalue weighted by atomic mass is 9.98. The van der Waals surface area contributed by atoms with Gasteiger partial charge in [0.05, 0.1) is 11.3 Å². The van der Waals surface area contributed by atoms with E-state index in [1.165, 1.54) is 11.0 Å². The van der Waals surface area contributed by atoms with Crippen LogP contribution in [0, 0.1) is 6.92 Å². The first-order valence-electron chi connectivity index (χ1n) is 8.85. The fourth-order valence-electron chi connectivity index (χ4n) is 2.76. The molecule has 1 aromatic heterocycles. The molecular formula is C20H21N5O3. The third-order valence-electron chi connectivity index (χ3n) is 4.24. The zero-order chi connectivity index (χ0) is 20.1. The Labute approximate surface area is 162 Å². The molecule has 0 aliphatic heterocycles. The highest BCUT2D eigenvalue weighted by Gasteiger charge is 2.14. The van der Waals surface area contributed by atoms with Crippen LogP contribution < -0.4 is 5.32 Å². The van der Waals surface area contributed by atoms with Crippen LogP contribution in [0.3, 0.4) is 0 Å². The number of rotatable bonds is 6. The summed E-state index contributed by atoms with van der Waals surface area (Å²) < 4.78 is 6.60. The van der Waals surface area contributed by atoms with Crippen LogP contribution in [0.25, 0.3) is 5.69 Å². The summed E-state index contributed by atoms with van der Waals surface area (Å²) >= 11 is 0. The molecule has 3 aromatic rings. The SMILES string of the molecule is Cc1cccc(C(C)C)c1NC(=O)COC(=O)c1ccc(-n2cnnn2)cc1. The van der Waals surface area contributed by atoms with Crippen LogP contribution in [-0.2, 0) is 9.53 Å². The van der Waals surface area contributed by atoms with Crippen molar-refractivity contribution in [3.05, 3.63) is 65.5 Å². The zero-order valence-electron chi connectivity index (χ0n) is 15.9. The van der Waals surface area contributed by atoms with Crippen LogP contribution in [0.15, 0.2) is 48.8 Å². The van der Waals surface area contributed by atoms with Gasteiger partial charge in [-0.2, -0.15) is 0 Å². The van der Waals surface area contributed by atoms with Crippen LogP contribution >= 0.6 is 0 Å². The maximum atomic E-state index is 12.3. The number of hydrogen-bond donors (Lipinski definition) is 1. The van der Waals surface area contributed by atoms with Gasteiger partial charge in [0.25, 0.3) is 5.91 Å². The van der Waals surface area contributed by atoms with Crippen LogP contribution in [0.5, 0.6) is 0 Å².